The van der Waals surface area contributed by atoms with E-state index in [9.17, 15) is 13.2 Å². The molecule has 0 bridgehead atoms. The van der Waals surface area contributed by atoms with Crippen molar-refractivity contribution >= 4 is 54.0 Å². The zero-order chi connectivity index (χ0) is 23.9. The highest BCUT2D eigenvalue weighted by atomic mass is 32.2. The van der Waals surface area contributed by atoms with Gasteiger partial charge in [-0.2, -0.15) is 4.31 Å². The molecule has 4 heterocycles. The lowest BCUT2D eigenvalue weighted by Crippen LogP contribution is -2.47. The van der Waals surface area contributed by atoms with Crippen molar-refractivity contribution in [1.29, 1.82) is 0 Å². The first-order valence-electron chi connectivity index (χ1n) is 11.0. The summed E-state index contributed by atoms with van der Waals surface area (Å²) < 4.78 is 29.2. The summed E-state index contributed by atoms with van der Waals surface area (Å²) in [4.78, 5) is 24.6. The van der Waals surface area contributed by atoms with Crippen molar-refractivity contribution in [2.75, 3.05) is 11.4 Å². The van der Waals surface area contributed by atoms with Gasteiger partial charge in [0.25, 0.3) is 10.0 Å². The number of pyridine rings is 1. The van der Waals surface area contributed by atoms with Crippen LogP contribution >= 0.6 is 22.7 Å². The molecule has 1 aliphatic rings. The number of hydrogen-bond acceptors (Lipinski definition) is 7. The number of thiophene rings is 1. The molecule has 176 valence electrons. The maximum absolute atomic E-state index is 14.0. The molecule has 1 fully saturated rings. The molecular weight excluding hydrogens is 488 g/mol. The molecule has 1 aromatic carbocycles. The van der Waals surface area contributed by atoms with Crippen LogP contribution in [0.4, 0.5) is 5.13 Å². The van der Waals surface area contributed by atoms with Gasteiger partial charge in [-0.05, 0) is 67.0 Å². The normalized spacial score (nSPS) is 16.8. The summed E-state index contributed by atoms with van der Waals surface area (Å²) in [5, 5.41) is 2.30. The van der Waals surface area contributed by atoms with Gasteiger partial charge in [-0.3, -0.25) is 14.7 Å². The van der Waals surface area contributed by atoms with Crippen LogP contribution in [0.2, 0.25) is 0 Å². The molecule has 4 aromatic rings. The van der Waals surface area contributed by atoms with Gasteiger partial charge < -0.3 is 0 Å². The Morgan fingerprint density at radius 2 is 2.09 bits per heavy atom. The molecule has 3 aromatic heterocycles. The largest absolute Gasteiger partial charge is 0.282 e. The lowest BCUT2D eigenvalue weighted by atomic mass is 10.1. The van der Waals surface area contributed by atoms with Gasteiger partial charge in [0.2, 0.25) is 5.91 Å². The fourth-order valence-corrected chi connectivity index (χ4v) is 8.29. The Hall–Kier alpha value is -2.66. The highest BCUT2D eigenvalue weighted by molar-refractivity contribution is 7.91. The van der Waals surface area contributed by atoms with Crippen LogP contribution in [0.1, 0.15) is 29.5 Å². The monoisotopic (exact) mass is 512 g/mol. The number of nitrogens with zero attached hydrogens (tertiary/aromatic N) is 4. The van der Waals surface area contributed by atoms with E-state index in [2.05, 4.69) is 17.1 Å². The minimum Gasteiger partial charge on any atom is -0.282 e. The number of aromatic nitrogens is 2. The standard InChI is InChI=1S/C24H24N4O3S3/c1-16-12-17(2)22-20(13-16)33-24(26-22)27(15-18-6-3-9-25-14-18)23(29)19-7-4-10-28(19)34(30,31)21-8-5-11-32-21/h3,5-6,8-9,11-14,19H,4,7,10,15H2,1-2H3. The summed E-state index contributed by atoms with van der Waals surface area (Å²) in [5.74, 6) is -0.255. The number of carbonyl (C=O) groups is 1. The number of hydrogen-bond donors (Lipinski definition) is 0. The van der Waals surface area contributed by atoms with E-state index in [0.29, 0.717) is 24.5 Å². The molecule has 1 saturated heterocycles. The SMILES string of the molecule is Cc1cc(C)c2nc(N(Cc3cccnc3)C(=O)C3CCCN3S(=O)(=O)c3cccs3)sc2c1. The predicted octanol–water partition coefficient (Wildman–Crippen LogP) is 4.76. The van der Waals surface area contributed by atoms with Crippen molar-refractivity contribution < 1.29 is 13.2 Å². The lowest BCUT2D eigenvalue weighted by molar-refractivity contribution is -0.121. The third-order valence-corrected chi connectivity index (χ3v) is 10.2. The van der Waals surface area contributed by atoms with E-state index in [4.69, 9.17) is 4.98 Å². The topological polar surface area (TPSA) is 83.5 Å². The van der Waals surface area contributed by atoms with Crippen LogP contribution in [0.3, 0.4) is 0 Å². The van der Waals surface area contributed by atoms with Crippen LogP contribution in [0.15, 0.2) is 58.4 Å². The van der Waals surface area contributed by atoms with E-state index < -0.39 is 16.1 Å². The smallest absolute Gasteiger partial charge is 0.253 e. The molecule has 5 rings (SSSR count). The molecule has 10 heteroatoms. The second-order valence-electron chi connectivity index (χ2n) is 8.42. The summed E-state index contributed by atoms with van der Waals surface area (Å²) >= 11 is 2.62. The first kappa shape index (κ1) is 23.1. The van der Waals surface area contributed by atoms with Crippen LogP contribution in [0.5, 0.6) is 0 Å². The van der Waals surface area contributed by atoms with Crippen molar-refractivity contribution in [2.24, 2.45) is 0 Å². The Balaban J connectivity index is 1.55. The predicted molar refractivity (Wildman–Crippen MR) is 136 cm³/mol. The Morgan fingerprint density at radius 3 is 2.82 bits per heavy atom. The number of anilines is 1. The van der Waals surface area contributed by atoms with Crippen LogP contribution in [0.25, 0.3) is 10.2 Å². The molecule has 1 amide bonds. The minimum absolute atomic E-state index is 0.255. The van der Waals surface area contributed by atoms with E-state index in [1.54, 1.807) is 34.8 Å². The van der Waals surface area contributed by atoms with Gasteiger partial charge in [-0.15, -0.1) is 11.3 Å². The lowest BCUT2D eigenvalue weighted by Gasteiger charge is -2.28. The van der Waals surface area contributed by atoms with Crippen LogP contribution in [-0.2, 0) is 21.4 Å². The number of carbonyl (C=O) groups excluding carboxylic acids is 1. The summed E-state index contributed by atoms with van der Waals surface area (Å²) in [6.07, 6.45) is 4.53. The number of amides is 1. The van der Waals surface area contributed by atoms with E-state index in [0.717, 1.165) is 26.9 Å². The fraction of sp³-hybridized carbons (Fsp3) is 0.292. The quantitative estimate of drug-likeness (QED) is 0.372. The summed E-state index contributed by atoms with van der Waals surface area (Å²) in [7, 11) is -3.74. The highest BCUT2D eigenvalue weighted by Crippen LogP contribution is 2.35. The van der Waals surface area contributed by atoms with Gasteiger partial charge in [-0.1, -0.05) is 29.5 Å². The average Bonchev–Trinajstić information content (AvgIpc) is 3.58. The van der Waals surface area contributed by atoms with Crippen molar-refractivity contribution in [3.8, 4) is 0 Å². The Bertz CT molecular complexity index is 1430. The number of benzene rings is 1. The molecule has 0 radical (unpaired) electrons. The fourth-order valence-electron chi connectivity index (χ4n) is 4.37. The molecule has 0 N–H and O–H groups in total. The number of sulfonamides is 1. The molecule has 1 unspecified atom stereocenters. The van der Waals surface area contributed by atoms with Gasteiger partial charge in [-0.25, -0.2) is 13.4 Å². The first-order chi connectivity index (χ1) is 16.3. The average molecular weight is 513 g/mol. The van der Waals surface area contributed by atoms with Gasteiger partial charge >= 0.3 is 0 Å². The van der Waals surface area contributed by atoms with Gasteiger partial charge in [0, 0.05) is 18.9 Å². The zero-order valence-electron chi connectivity index (χ0n) is 18.8. The Morgan fingerprint density at radius 1 is 1.24 bits per heavy atom. The molecule has 0 spiro atoms. The summed E-state index contributed by atoms with van der Waals surface area (Å²) in [5.41, 5.74) is 3.90. The zero-order valence-corrected chi connectivity index (χ0v) is 21.3. The molecule has 1 aliphatic heterocycles. The van der Waals surface area contributed by atoms with Crippen LogP contribution < -0.4 is 4.90 Å². The summed E-state index contributed by atoms with van der Waals surface area (Å²) in [6, 6.07) is 10.4. The molecule has 0 saturated carbocycles. The van der Waals surface area contributed by atoms with E-state index in [-0.39, 0.29) is 16.7 Å². The highest BCUT2D eigenvalue weighted by Gasteiger charge is 2.42. The molecule has 1 atom stereocenters. The number of rotatable bonds is 6. The van der Waals surface area contributed by atoms with Gasteiger partial charge in [0.15, 0.2) is 5.13 Å². The van der Waals surface area contributed by atoms with E-state index >= 15 is 0 Å². The number of fused-ring (bicyclic) bond motifs is 1. The molecule has 0 aliphatic carbocycles. The van der Waals surface area contributed by atoms with Gasteiger partial charge in [0.1, 0.15) is 10.3 Å². The van der Waals surface area contributed by atoms with Crippen LogP contribution in [-0.4, -0.2) is 41.2 Å². The van der Waals surface area contributed by atoms with Crippen molar-refractivity contribution in [3.63, 3.8) is 0 Å². The van der Waals surface area contributed by atoms with E-state index in [1.807, 2.05) is 26.0 Å². The minimum atomic E-state index is -3.74. The first-order valence-corrected chi connectivity index (χ1v) is 14.1. The summed E-state index contributed by atoms with van der Waals surface area (Å²) in [6.45, 7) is 4.65. The molecule has 7 nitrogen and oxygen atoms in total. The second kappa shape index (κ2) is 9.18. The number of aryl methyl sites for hydroxylation is 2. The number of thiazole rings is 1. The third-order valence-electron chi connectivity index (χ3n) is 5.93. The van der Waals surface area contributed by atoms with Crippen molar-refractivity contribution in [3.05, 3.63) is 70.9 Å². The molecular formula is C24H24N4O3S3. The Labute approximate surface area is 206 Å². The molecule has 34 heavy (non-hydrogen) atoms. The van der Waals surface area contributed by atoms with Gasteiger partial charge in [0.05, 0.1) is 16.8 Å². The Kier molecular flexibility index (Phi) is 6.24. The van der Waals surface area contributed by atoms with Crippen molar-refractivity contribution in [2.45, 2.75) is 43.5 Å². The van der Waals surface area contributed by atoms with Crippen molar-refractivity contribution in [1.82, 2.24) is 14.3 Å². The maximum atomic E-state index is 14.0. The second-order valence-corrected chi connectivity index (χ2v) is 12.5. The van der Waals surface area contributed by atoms with Crippen LogP contribution in [0, 0.1) is 13.8 Å². The maximum Gasteiger partial charge on any atom is 0.253 e. The third kappa shape index (κ3) is 4.26. The van der Waals surface area contributed by atoms with E-state index in [1.165, 1.54) is 27.0 Å².